The molecular formula is C19H23N5O3. The van der Waals surface area contributed by atoms with Crippen molar-refractivity contribution in [2.24, 2.45) is 14.1 Å². The number of carbonyl (C=O) groups is 1. The van der Waals surface area contributed by atoms with E-state index in [1.807, 2.05) is 37.3 Å². The van der Waals surface area contributed by atoms with Crippen LogP contribution in [-0.4, -0.2) is 24.6 Å². The van der Waals surface area contributed by atoms with Gasteiger partial charge in [0, 0.05) is 27.1 Å². The summed E-state index contributed by atoms with van der Waals surface area (Å²) in [6, 6.07) is 9.71. The summed E-state index contributed by atoms with van der Waals surface area (Å²) in [7, 11) is 3.03. The van der Waals surface area contributed by atoms with Gasteiger partial charge in [-0.3, -0.25) is 18.7 Å². The molecule has 2 heterocycles. The summed E-state index contributed by atoms with van der Waals surface area (Å²) >= 11 is 0. The molecule has 0 aliphatic carbocycles. The third kappa shape index (κ3) is 3.69. The Morgan fingerprint density at radius 2 is 1.85 bits per heavy atom. The monoisotopic (exact) mass is 369 g/mol. The summed E-state index contributed by atoms with van der Waals surface area (Å²) in [6.07, 6.45) is 2.43. The van der Waals surface area contributed by atoms with Crippen molar-refractivity contribution in [3.05, 3.63) is 63.1 Å². The molecule has 0 spiro atoms. The lowest BCUT2D eigenvalue weighted by molar-refractivity contribution is -0.121. The molecule has 1 amide bonds. The number of hydrogen-bond donors (Lipinski definition) is 1. The zero-order chi connectivity index (χ0) is 19.6. The Labute approximate surface area is 156 Å². The highest BCUT2D eigenvalue weighted by Crippen LogP contribution is 2.12. The summed E-state index contributed by atoms with van der Waals surface area (Å²) in [5.74, 6) is -0.0453. The minimum atomic E-state index is -0.410. The fourth-order valence-corrected chi connectivity index (χ4v) is 3.12. The lowest BCUT2D eigenvalue weighted by Gasteiger charge is -2.14. The van der Waals surface area contributed by atoms with E-state index in [9.17, 15) is 14.4 Å². The Hall–Kier alpha value is -3.16. The Kier molecular flexibility index (Phi) is 5.25. The first-order chi connectivity index (χ1) is 12.9. The molecule has 142 valence electrons. The number of benzene rings is 1. The Bertz CT molecular complexity index is 1080. The van der Waals surface area contributed by atoms with Crippen molar-refractivity contribution in [1.29, 1.82) is 0 Å². The van der Waals surface area contributed by atoms with Gasteiger partial charge in [0.15, 0.2) is 11.2 Å². The number of hydrogen-bond acceptors (Lipinski definition) is 4. The fraction of sp³-hybridized carbons (Fsp3) is 0.368. The van der Waals surface area contributed by atoms with Gasteiger partial charge in [-0.1, -0.05) is 30.3 Å². The number of aromatic nitrogens is 4. The third-order valence-electron chi connectivity index (χ3n) is 4.70. The molecule has 1 aromatic carbocycles. The van der Waals surface area contributed by atoms with E-state index in [1.165, 1.54) is 17.9 Å². The normalized spacial score (nSPS) is 12.3. The van der Waals surface area contributed by atoms with Gasteiger partial charge in [-0.25, -0.2) is 9.78 Å². The highest BCUT2D eigenvalue weighted by atomic mass is 16.2. The molecule has 8 nitrogen and oxygen atoms in total. The van der Waals surface area contributed by atoms with Gasteiger partial charge in [0.05, 0.1) is 12.4 Å². The van der Waals surface area contributed by atoms with Gasteiger partial charge in [0.2, 0.25) is 5.91 Å². The highest BCUT2D eigenvalue weighted by Gasteiger charge is 2.14. The van der Waals surface area contributed by atoms with Crippen LogP contribution in [0.25, 0.3) is 11.2 Å². The van der Waals surface area contributed by atoms with Crippen LogP contribution in [0.2, 0.25) is 0 Å². The molecule has 3 aromatic rings. The van der Waals surface area contributed by atoms with Crippen molar-refractivity contribution >= 4 is 17.1 Å². The van der Waals surface area contributed by atoms with Crippen LogP contribution in [-0.2, 0) is 25.4 Å². The van der Waals surface area contributed by atoms with Crippen molar-refractivity contribution in [3.63, 3.8) is 0 Å². The van der Waals surface area contributed by atoms with Gasteiger partial charge < -0.3 is 9.88 Å². The third-order valence-corrected chi connectivity index (χ3v) is 4.70. The van der Waals surface area contributed by atoms with Crippen molar-refractivity contribution in [2.75, 3.05) is 0 Å². The number of carbonyl (C=O) groups excluding carboxylic acids is 1. The summed E-state index contributed by atoms with van der Waals surface area (Å²) in [5.41, 5.74) is 0.985. The summed E-state index contributed by atoms with van der Waals surface area (Å²) in [5, 5.41) is 2.98. The number of imidazole rings is 1. The minimum absolute atomic E-state index is 0.0453. The molecular weight excluding hydrogens is 346 g/mol. The number of rotatable bonds is 6. The van der Waals surface area contributed by atoms with Gasteiger partial charge in [0.1, 0.15) is 0 Å². The predicted molar refractivity (Wildman–Crippen MR) is 102 cm³/mol. The van der Waals surface area contributed by atoms with Crippen LogP contribution in [0.4, 0.5) is 0 Å². The average Bonchev–Trinajstić information content (AvgIpc) is 3.09. The number of aryl methyl sites for hydroxylation is 2. The van der Waals surface area contributed by atoms with Crippen LogP contribution >= 0.6 is 0 Å². The predicted octanol–water partition coefficient (Wildman–Crippen LogP) is 1.09. The summed E-state index contributed by atoms with van der Waals surface area (Å²) in [4.78, 5) is 40.7. The van der Waals surface area contributed by atoms with Crippen LogP contribution in [0.5, 0.6) is 0 Å². The van der Waals surface area contributed by atoms with Crippen LogP contribution in [0, 0.1) is 0 Å². The minimum Gasteiger partial charge on any atom is -0.350 e. The number of fused-ring (bicyclic) bond motifs is 1. The van der Waals surface area contributed by atoms with Gasteiger partial charge in [0.25, 0.3) is 5.56 Å². The first kappa shape index (κ1) is 18.6. The smallest absolute Gasteiger partial charge is 0.332 e. The van der Waals surface area contributed by atoms with E-state index in [-0.39, 0.29) is 17.5 Å². The summed E-state index contributed by atoms with van der Waals surface area (Å²) < 4.78 is 4.11. The number of amides is 1. The van der Waals surface area contributed by atoms with Crippen LogP contribution in [0.15, 0.2) is 46.2 Å². The number of nitrogens with zero attached hydrogens (tertiary/aromatic N) is 4. The highest BCUT2D eigenvalue weighted by molar-refractivity contribution is 5.76. The van der Waals surface area contributed by atoms with Crippen LogP contribution in [0.1, 0.15) is 31.4 Å². The summed E-state index contributed by atoms with van der Waals surface area (Å²) in [6.45, 7) is 2.41. The van der Waals surface area contributed by atoms with E-state index < -0.39 is 5.69 Å². The van der Waals surface area contributed by atoms with Crippen LogP contribution < -0.4 is 16.6 Å². The molecule has 1 atom stereocenters. The molecule has 2 aromatic heterocycles. The molecule has 1 N–H and O–H groups in total. The molecule has 3 rings (SSSR count). The second-order valence-electron chi connectivity index (χ2n) is 6.62. The van der Waals surface area contributed by atoms with Crippen molar-refractivity contribution < 1.29 is 4.79 Å². The molecule has 0 saturated carbocycles. The first-order valence-electron chi connectivity index (χ1n) is 8.85. The average molecular weight is 369 g/mol. The van der Waals surface area contributed by atoms with E-state index >= 15 is 0 Å². The second-order valence-corrected chi connectivity index (χ2v) is 6.62. The molecule has 0 radical (unpaired) electrons. The van der Waals surface area contributed by atoms with E-state index in [0.29, 0.717) is 30.6 Å². The van der Waals surface area contributed by atoms with Crippen molar-refractivity contribution in [2.45, 2.75) is 32.4 Å². The molecule has 8 heteroatoms. The maximum atomic E-state index is 12.4. The Balaban J connectivity index is 1.65. The molecule has 0 unspecified atom stereocenters. The molecule has 0 aliphatic heterocycles. The maximum absolute atomic E-state index is 12.4. The van der Waals surface area contributed by atoms with E-state index in [4.69, 9.17) is 0 Å². The van der Waals surface area contributed by atoms with Crippen molar-refractivity contribution in [3.8, 4) is 0 Å². The maximum Gasteiger partial charge on any atom is 0.332 e. The lowest BCUT2D eigenvalue weighted by Crippen LogP contribution is -2.37. The van der Waals surface area contributed by atoms with Gasteiger partial charge in [-0.15, -0.1) is 0 Å². The standard InChI is InChI=1S/C19H23N5O3/c1-13(14-8-5-4-6-9-14)21-15(25)10-7-11-24-12-20-17-16(24)18(26)23(3)19(27)22(17)2/h4-6,8-9,12-13H,7,10-11H2,1-3H3,(H,21,25)/t13-/m0/s1. The molecule has 0 saturated heterocycles. The van der Waals surface area contributed by atoms with E-state index in [2.05, 4.69) is 10.3 Å². The number of nitrogens with one attached hydrogen (secondary N) is 1. The molecule has 0 aliphatic rings. The Morgan fingerprint density at radius 1 is 1.15 bits per heavy atom. The lowest BCUT2D eigenvalue weighted by atomic mass is 10.1. The quantitative estimate of drug-likeness (QED) is 0.704. The SMILES string of the molecule is C[C@H](NC(=O)CCCn1cnc2c1c(=O)n(C)c(=O)n2C)c1ccccc1. The zero-order valence-corrected chi connectivity index (χ0v) is 15.7. The van der Waals surface area contributed by atoms with Gasteiger partial charge >= 0.3 is 5.69 Å². The second kappa shape index (κ2) is 7.61. The Morgan fingerprint density at radius 3 is 2.56 bits per heavy atom. The van der Waals surface area contributed by atoms with Gasteiger partial charge in [-0.05, 0) is 18.9 Å². The fourth-order valence-electron chi connectivity index (χ4n) is 3.12. The molecule has 0 fully saturated rings. The van der Waals surface area contributed by atoms with Crippen molar-refractivity contribution in [1.82, 2.24) is 24.0 Å². The molecule has 27 heavy (non-hydrogen) atoms. The van der Waals surface area contributed by atoms with E-state index in [1.54, 1.807) is 11.6 Å². The topological polar surface area (TPSA) is 90.9 Å². The van der Waals surface area contributed by atoms with E-state index in [0.717, 1.165) is 10.1 Å². The largest absolute Gasteiger partial charge is 0.350 e. The first-order valence-corrected chi connectivity index (χ1v) is 8.85. The zero-order valence-electron chi connectivity index (χ0n) is 15.7. The van der Waals surface area contributed by atoms with Gasteiger partial charge in [-0.2, -0.15) is 0 Å². The van der Waals surface area contributed by atoms with Crippen LogP contribution in [0.3, 0.4) is 0 Å². The molecule has 0 bridgehead atoms.